The maximum absolute atomic E-state index is 14.0. The van der Waals surface area contributed by atoms with E-state index in [-0.39, 0.29) is 11.4 Å². The summed E-state index contributed by atoms with van der Waals surface area (Å²) >= 11 is 1.41. The van der Waals surface area contributed by atoms with Gasteiger partial charge in [-0.15, -0.1) is 0 Å². The average Bonchev–Trinajstić information content (AvgIpc) is 3.33. The molecule has 0 unspecified atom stereocenters. The van der Waals surface area contributed by atoms with Gasteiger partial charge in [0, 0.05) is 18.3 Å². The summed E-state index contributed by atoms with van der Waals surface area (Å²) < 4.78 is 2.72. The van der Waals surface area contributed by atoms with Gasteiger partial charge in [0.05, 0.1) is 39.1 Å². The maximum Gasteiger partial charge on any atom is 0.263 e. The lowest BCUT2D eigenvalue weighted by molar-refractivity contribution is 0.883. The number of aryl methyl sites for hydroxylation is 2. The van der Waals surface area contributed by atoms with E-state index in [9.17, 15) is 4.79 Å². The summed E-state index contributed by atoms with van der Waals surface area (Å²) in [5.41, 5.74) is 18.7. The summed E-state index contributed by atoms with van der Waals surface area (Å²) in [6, 6.07) is 21.6. The van der Waals surface area contributed by atoms with Crippen LogP contribution in [-0.2, 0) is 6.54 Å². The highest BCUT2D eigenvalue weighted by Gasteiger charge is 2.20. The highest BCUT2D eigenvalue weighted by Crippen LogP contribution is 2.29. The van der Waals surface area contributed by atoms with Gasteiger partial charge in [-0.25, -0.2) is 15.0 Å². The number of aromatic nitrogens is 4. The Kier molecular flexibility index (Phi) is 6.68. The zero-order valence-corrected chi connectivity index (χ0v) is 23.7. The number of nitrogens with zero attached hydrogens (tertiary/aromatic N) is 5. The number of benzene rings is 3. The van der Waals surface area contributed by atoms with Crippen molar-refractivity contribution in [3.05, 3.63) is 111 Å². The summed E-state index contributed by atoms with van der Waals surface area (Å²) in [7, 11) is 1.71. The van der Waals surface area contributed by atoms with Crippen LogP contribution in [0.1, 0.15) is 27.9 Å². The number of anilines is 3. The van der Waals surface area contributed by atoms with Crippen molar-refractivity contribution in [3.63, 3.8) is 0 Å². The monoisotopic (exact) mass is 560 g/mol. The van der Waals surface area contributed by atoms with Gasteiger partial charge in [0.2, 0.25) is 0 Å². The van der Waals surface area contributed by atoms with Crippen LogP contribution < -0.4 is 22.3 Å². The molecule has 0 fully saturated rings. The molecule has 9 nitrogen and oxygen atoms in total. The third-order valence-electron chi connectivity index (χ3n) is 7.14. The SMILES string of the molecule is C/N=C(/c1ccc2nc(N)sc2c1)c1c(N)ncnc1NCc1cc2cccc(C)c2c(=O)n1-c1ccccc1C. The number of fused-ring (bicyclic) bond motifs is 2. The van der Waals surface area contributed by atoms with Crippen molar-refractivity contribution in [1.29, 1.82) is 0 Å². The predicted molar refractivity (Wildman–Crippen MR) is 168 cm³/mol. The number of thiazole rings is 1. The number of hydrogen-bond donors (Lipinski definition) is 3. The Balaban J connectivity index is 1.45. The minimum absolute atomic E-state index is 0.0675. The zero-order valence-electron chi connectivity index (χ0n) is 22.8. The summed E-state index contributed by atoms with van der Waals surface area (Å²) in [6.45, 7) is 4.27. The lowest BCUT2D eigenvalue weighted by Gasteiger charge is -2.19. The molecule has 0 aliphatic heterocycles. The minimum atomic E-state index is -0.0675. The van der Waals surface area contributed by atoms with Crippen molar-refractivity contribution in [2.75, 3.05) is 23.8 Å². The summed E-state index contributed by atoms with van der Waals surface area (Å²) in [6.07, 6.45) is 1.42. The smallest absolute Gasteiger partial charge is 0.263 e. The molecule has 3 aromatic heterocycles. The van der Waals surface area contributed by atoms with E-state index >= 15 is 0 Å². The van der Waals surface area contributed by atoms with Crippen molar-refractivity contribution >= 4 is 54.8 Å². The molecule has 6 rings (SSSR count). The number of rotatable bonds is 6. The Labute approximate surface area is 240 Å². The van der Waals surface area contributed by atoms with Gasteiger partial charge in [-0.3, -0.25) is 14.4 Å². The lowest BCUT2D eigenvalue weighted by Crippen LogP contribution is -2.25. The number of hydrogen-bond acceptors (Lipinski definition) is 9. The first kappa shape index (κ1) is 26.1. The van der Waals surface area contributed by atoms with Crippen LogP contribution in [0, 0.1) is 13.8 Å². The van der Waals surface area contributed by atoms with Gasteiger partial charge in [-0.2, -0.15) is 0 Å². The van der Waals surface area contributed by atoms with Crippen LogP contribution in [-0.4, -0.2) is 32.3 Å². The Morgan fingerprint density at radius 1 is 1.00 bits per heavy atom. The molecule has 6 aromatic rings. The molecule has 204 valence electrons. The summed E-state index contributed by atoms with van der Waals surface area (Å²) in [4.78, 5) is 31.7. The van der Waals surface area contributed by atoms with E-state index in [2.05, 4.69) is 25.3 Å². The molecule has 3 aromatic carbocycles. The molecule has 0 saturated heterocycles. The molecule has 0 aliphatic rings. The molecular formula is C31H28N8OS. The molecule has 0 bridgehead atoms. The molecule has 3 heterocycles. The molecule has 0 amide bonds. The fraction of sp³-hybridized carbons (Fsp3) is 0.129. The van der Waals surface area contributed by atoms with Crippen molar-refractivity contribution in [3.8, 4) is 5.69 Å². The first-order valence-corrected chi connectivity index (χ1v) is 13.9. The average molecular weight is 561 g/mol. The number of nitrogens with two attached hydrogens (primary N) is 2. The Morgan fingerprint density at radius 2 is 1.80 bits per heavy atom. The molecule has 0 radical (unpaired) electrons. The van der Waals surface area contributed by atoms with Crippen molar-refractivity contribution < 1.29 is 0 Å². The third kappa shape index (κ3) is 4.68. The van der Waals surface area contributed by atoms with Crippen molar-refractivity contribution in [2.45, 2.75) is 20.4 Å². The van der Waals surface area contributed by atoms with Crippen molar-refractivity contribution in [2.24, 2.45) is 4.99 Å². The quantitative estimate of drug-likeness (QED) is 0.237. The topological polar surface area (TPSA) is 137 Å². The van der Waals surface area contributed by atoms with Crippen LogP contribution in [0.5, 0.6) is 0 Å². The van der Waals surface area contributed by atoms with E-state index in [0.29, 0.717) is 34.2 Å². The van der Waals surface area contributed by atoms with Crippen LogP contribution in [0.3, 0.4) is 0 Å². The van der Waals surface area contributed by atoms with Gasteiger partial charge in [0.25, 0.3) is 5.56 Å². The highest BCUT2D eigenvalue weighted by atomic mass is 32.1. The normalized spacial score (nSPS) is 11.8. The molecule has 10 heteroatoms. The second-order valence-corrected chi connectivity index (χ2v) is 10.8. The number of pyridine rings is 1. The van der Waals surface area contributed by atoms with Crippen LogP contribution >= 0.6 is 11.3 Å². The second-order valence-electron chi connectivity index (χ2n) is 9.74. The number of aliphatic imine (C=N–C) groups is 1. The standard InChI is InChI=1S/C31H28N8OS/c1-17-7-4-5-10-23(17)39-21(13-19-9-6-8-18(2)25(19)30(39)40)15-35-29-26(28(32)36-16-37-29)27(34-3)20-11-12-22-24(14-20)41-31(33)38-22/h4-14,16H,15H2,1-3H3,(H2,33,38)(H3,32,35,36,37)/b34-27-. The van der Waals surface area contributed by atoms with Crippen LogP contribution in [0.2, 0.25) is 0 Å². The van der Waals surface area contributed by atoms with E-state index in [4.69, 9.17) is 11.5 Å². The highest BCUT2D eigenvalue weighted by molar-refractivity contribution is 7.22. The van der Waals surface area contributed by atoms with E-state index in [1.807, 2.05) is 80.6 Å². The molecule has 0 aliphatic carbocycles. The van der Waals surface area contributed by atoms with Crippen molar-refractivity contribution in [1.82, 2.24) is 19.5 Å². The number of nitrogen functional groups attached to an aromatic ring is 2. The Hall–Kier alpha value is -5.09. The first-order chi connectivity index (χ1) is 19.9. The first-order valence-electron chi connectivity index (χ1n) is 13.0. The van der Waals surface area contributed by atoms with Gasteiger partial charge in [0.15, 0.2) is 5.13 Å². The number of nitrogens with one attached hydrogen (secondary N) is 1. The van der Waals surface area contributed by atoms with E-state index in [1.54, 1.807) is 11.6 Å². The maximum atomic E-state index is 14.0. The largest absolute Gasteiger partial charge is 0.383 e. The van der Waals surface area contributed by atoms with Crippen LogP contribution in [0.15, 0.2) is 82.8 Å². The van der Waals surface area contributed by atoms with Crippen LogP contribution in [0.4, 0.5) is 16.8 Å². The molecule has 5 N–H and O–H groups in total. The number of para-hydroxylation sites is 1. The van der Waals surface area contributed by atoms with Gasteiger partial charge in [-0.05, 0) is 54.6 Å². The van der Waals surface area contributed by atoms with Gasteiger partial charge in [-0.1, -0.05) is 53.8 Å². The van der Waals surface area contributed by atoms with E-state index in [0.717, 1.165) is 43.7 Å². The molecule has 0 spiro atoms. The van der Waals surface area contributed by atoms with Gasteiger partial charge in [0.1, 0.15) is 18.0 Å². The van der Waals surface area contributed by atoms with E-state index < -0.39 is 0 Å². The van der Waals surface area contributed by atoms with E-state index in [1.165, 1.54) is 17.7 Å². The predicted octanol–water partition coefficient (Wildman–Crippen LogP) is 5.25. The molecular weight excluding hydrogens is 532 g/mol. The minimum Gasteiger partial charge on any atom is -0.383 e. The zero-order chi connectivity index (χ0) is 28.7. The van der Waals surface area contributed by atoms with Crippen LogP contribution in [0.25, 0.3) is 26.7 Å². The second kappa shape index (κ2) is 10.5. The third-order valence-corrected chi connectivity index (χ3v) is 7.99. The Bertz CT molecular complexity index is 2040. The van der Waals surface area contributed by atoms with Gasteiger partial charge < -0.3 is 16.8 Å². The fourth-order valence-electron chi connectivity index (χ4n) is 5.21. The fourth-order valence-corrected chi connectivity index (χ4v) is 5.99. The lowest BCUT2D eigenvalue weighted by atomic mass is 10.0. The van der Waals surface area contributed by atoms with Gasteiger partial charge >= 0.3 is 0 Å². The summed E-state index contributed by atoms with van der Waals surface area (Å²) in [5, 5.41) is 5.51. The molecule has 41 heavy (non-hydrogen) atoms. The summed E-state index contributed by atoms with van der Waals surface area (Å²) in [5.74, 6) is 0.799. The molecule has 0 saturated carbocycles. The molecule has 0 atom stereocenters. The Morgan fingerprint density at radius 3 is 2.61 bits per heavy atom.